The van der Waals surface area contributed by atoms with Crippen LogP contribution in [0, 0.1) is 28.7 Å². The van der Waals surface area contributed by atoms with Crippen molar-refractivity contribution in [3.05, 3.63) is 251 Å². The lowest BCUT2D eigenvalue weighted by Crippen LogP contribution is -2.27. The number of carbonyl (C=O) groups excluding carboxylic acids is 4. The number of unbranched alkanes of at least 4 members (excludes halogenated alkanes) is 1. The van der Waals surface area contributed by atoms with Gasteiger partial charge in [0.1, 0.15) is 46.0 Å². The molecular formula is C96H104F4N12O6S2. The number of esters is 2. The van der Waals surface area contributed by atoms with Gasteiger partial charge in [-0.05, 0) is 243 Å². The fourth-order valence-corrected chi connectivity index (χ4v) is 13.3. The first-order valence-corrected chi connectivity index (χ1v) is 41.7. The second-order valence-electron chi connectivity index (χ2n) is 32.4. The van der Waals surface area contributed by atoms with Crippen molar-refractivity contribution >= 4 is 113 Å². The second-order valence-corrected chi connectivity index (χ2v) is 35.2. The zero-order chi connectivity index (χ0) is 87.0. The molecule has 624 valence electrons. The molecule has 0 aliphatic rings. The van der Waals surface area contributed by atoms with Crippen molar-refractivity contribution in [3.8, 4) is 45.0 Å². The van der Waals surface area contributed by atoms with Crippen molar-refractivity contribution in [2.45, 2.75) is 151 Å². The quantitative estimate of drug-likeness (QED) is 0.0352. The molecule has 0 aliphatic heterocycles. The summed E-state index contributed by atoms with van der Waals surface area (Å²) in [6.07, 6.45) is 1.80. The molecule has 120 heavy (non-hydrogen) atoms. The highest BCUT2D eigenvalue weighted by atomic mass is 32.2. The summed E-state index contributed by atoms with van der Waals surface area (Å²) in [5.74, 6) is 1.44. The molecule has 4 aromatic heterocycles. The molecule has 0 N–H and O–H groups in total. The van der Waals surface area contributed by atoms with E-state index in [2.05, 4.69) is 55.4 Å². The van der Waals surface area contributed by atoms with Crippen LogP contribution in [0.25, 0.3) is 89.2 Å². The molecule has 18 nitrogen and oxygen atoms in total. The predicted octanol–water partition coefficient (Wildman–Crippen LogP) is 23.0. The molecule has 9 aromatic carbocycles. The van der Waals surface area contributed by atoms with Crippen LogP contribution in [0.4, 0.5) is 40.8 Å². The van der Waals surface area contributed by atoms with Crippen molar-refractivity contribution in [1.29, 1.82) is 0 Å². The van der Waals surface area contributed by atoms with Gasteiger partial charge in [-0.25, -0.2) is 67.0 Å². The zero-order valence-electron chi connectivity index (χ0n) is 71.5. The molecule has 0 atom stereocenters. The highest BCUT2D eigenvalue weighted by Crippen LogP contribution is 2.38. The Balaban J connectivity index is 0.000000168. The van der Waals surface area contributed by atoms with E-state index < -0.39 is 0 Å². The lowest BCUT2D eigenvalue weighted by Gasteiger charge is -2.25. The first-order valence-electron chi connectivity index (χ1n) is 39.9. The van der Waals surface area contributed by atoms with Crippen molar-refractivity contribution in [2.75, 3.05) is 61.0 Å². The lowest BCUT2D eigenvalue weighted by molar-refractivity contribution is 0.0366. The van der Waals surface area contributed by atoms with Gasteiger partial charge in [0.05, 0.1) is 68.5 Å². The van der Waals surface area contributed by atoms with Crippen LogP contribution >= 0.6 is 23.5 Å². The first-order chi connectivity index (χ1) is 56.9. The average Bonchev–Trinajstić information content (AvgIpc) is 0.792. The van der Waals surface area contributed by atoms with E-state index >= 15 is 0 Å². The number of hydrogen-bond donors (Lipinski definition) is 0. The summed E-state index contributed by atoms with van der Waals surface area (Å²) in [5.41, 5.74) is 14.2. The van der Waals surface area contributed by atoms with Crippen LogP contribution in [0.15, 0.2) is 200 Å². The van der Waals surface area contributed by atoms with E-state index in [4.69, 9.17) is 49.3 Å². The molecule has 0 radical (unpaired) electrons. The van der Waals surface area contributed by atoms with Gasteiger partial charge in [0.15, 0.2) is 23.3 Å². The van der Waals surface area contributed by atoms with E-state index in [1.165, 1.54) is 72.1 Å². The summed E-state index contributed by atoms with van der Waals surface area (Å²) in [4.78, 5) is 96.8. The summed E-state index contributed by atoms with van der Waals surface area (Å²) in [7, 11) is 7.79. The standard InChI is InChI=1S/C26H24FN3OS.C24H28FN3O2.C23H26FN3O2.C23H26FN3OS/c1-17(2)30(3)25-24(19-9-12-21(27)13-10-19)28-22-14-11-20(15-23(22)29-25)26(31)32-16-18-7-5-4-6-8-18;1-15(2)28(6)22-21(16-7-10-18(25)11-8-16)26-19-12-9-17(13-20(19)27-22)23(29)30-14-24(3,4)5;1-5-6-13-29-23(28)17-9-12-19-20(14-17)26-22(27(4)15(2)3)21(25-19)16-7-10-18(24)11-8-16;1-14(2)27(6)21-20(15-7-10-17(24)11-8-15)25-18-12-9-16(13-19(18)26-21)22(28)29-23(3,4)5/h4-15,17H,16H2,1-3H3;7-13,15H,14H2,1-6H3;7-12,14-15H,5-6,13H2,1-4H3;7-14H,1-6H3. The molecule has 4 heterocycles. The summed E-state index contributed by atoms with van der Waals surface area (Å²) >= 11 is 2.58. The van der Waals surface area contributed by atoms with Crippen LogP contribution in [0.1, 0.15) is 164 Å². The topological polar surface area (TPSA) is 203 Å². The maximum absolute atomic E-state index is 13.5. The van der Waals surface area contributed by atoms with E-state index in [-0.39, 0.29) is 79.8 Å². The molecule has 13 rings (SSSR count). The summed E-state index contributed by atoms with van der Waals surface area (Å²) < 4.78 is 64.2. The fourth-order valence-electron chi connectivity index (χ4n) is 11.8. The van der Waals surface area contributed by atoms with Gasteiger partial charge in [-0.1, -0.05) is 109 Å². The summed E-state index contributed by atoms with van der Waals surface area (Å²) in [6.45, 7) is 31.4. The Labute approximate surface area is 709 Å². The van der Waals surface area contributed by atoms with Crippen molar-refractivity contribution in [3.63, 3.8) is 0 Å². The fraction of sp³-hybridized carbons (Fsp3) is 0.312. The third kappa shape index (κ3) is 24.0. The third-order valence-electron chi connectivity index (χ3n) is 19.4. The van der Waals surface area contributed by atoms with Crippen LogP contribution in [0.3, 0.4) is 0 Å². The number of fused-ring (bicyclic) bond motifs is 4. The van der Waals surface area contributed by atoms with Crippen molar-refractivity contribution < 1.29 is 46.2 Å². The van der Waals surface area contributed by atoms with Crippen LogP contribution in [0.5, 0.6) is 0 Å². The predicted molar refractivity (Wildman–Crippen MR) is 483 cm³/mol. The lowest BCUT2D eigenvalue weighted by atomic mass is 9.99. The molecule has 0 saturated heterocycles. The molecule has 24 heteroatoms. The molecule has 0 bridgehead atoms. The normalized spacial score (nSPS) is 11.5. The average molecular weight is 1660 g/mol. The number of rotatable bonds is 22. The van der Waals surface area contributed by atoms with Crippen LogP contribution in [-0.4, -0.2) is 132 Å². The van der Waals surface area contributed by atoms with E-state index in [1.807, 2.05) is 139 Å². The number of thioether (sulfide) groups is 2. The first kappa shape index (κ1) is 90.6. The van der Waals surface area contributed by atoms with E-state index in [9.17, 15) is 36.7 Å². The SMILES string of the molecule is CC(C)N(C)c1nc2cc(C(=O)OCC(C)(C)C)ccc2nc1-c1ccc(F)cc1.CC(C)N(C)c1nc2cc(C(=O)SC(C)(C)C)ccc2nc1-c1ccc(F)cc1.CC(C)N(C)c1nc2cc(C(=O)SCc3ccccc3)ccc2nc1-c1ccc(F)cc1.CCCCOC(=O)c1ccc2nc(-c3ccc(F)cc3)c(N(C)C(C)C)nc2c1. The maximum atomic E-state index is 13.5. The summed E-state index contributed by atoms with van der Waals surface area (Å²) in [5, 5.41) is 0.0153. The minimum Gasteiger partial charge on any atom is -0.462 e. The van der Waals surface area contributed by atoms with Crippen LogP contribution < -0.4 is 19.6 Å². The Bertz CT molecular complexity index is 5760. The molecule has 13 aromatic rings. The van der Waals surface area contributed by atoms with Gasteiger partial charge >= 0.3 is 11.9 Å². The minimum absolute atomic E-state index is 0.000992. The largest absolute Gasteiger partial charge is 0.462 e. The van der Waals surface area contributed by atoms with E-state index in [1.54, 1.807) is 109 Å². The number of ether oxygens (including phenoxy) is 2. The van der Waals surface area contributed by atoms with Crippen molar-refractivity contribution in [2.24, 2.45) is 5.41 Å². The Morgan fingerprint density at radius 2 is 0.658 bits per heavy atom. The number of halogens is 4. The summed E-state index contributed by atoms with van der Waals surface area (Å²) in [6, 6.07) is 56.8. The molecule has 0 aliphatic carbocycles. The van der Waals surface area contributed by atoms with E-state index in [0.717, 1.165) is 40.7 Å². The monoisotopic (exact) mass is 1660 g/mol. The van der Waals surface area contributed by atoms with Gasteiger partial charge in [0.2, 0.25) is 10.2 Å². The Kier molecular flexibility index (Phi) is 30.4. The van der Waals surface area contributed by atoms with Gasteiger partial charge < -0.3 is 29.1 Å². The number of benzene rings is 9. The smallest absolute Gasteiger partial charge is 0.338 e. The highest BCUT2D eigenvalue weighted by molar-refractivity contribution is 8.15. The molecule has 0 spiro atoms. The van der Waals surface area contributed by atoms with Crippen molar-refractivity contribution in [1.82, 2.24) is 39.9 Å². The number of carbonyl (C=O) groups is 4. The Hall–Kier alpha value is -11.8. The van der Waals surface area contributed by atoms with E-state index in [0.29, 0.717) is 131 Å². The molecule has 0 fully saturated rings. The van der Waals surface area contributed by atoms with Gasteiger partial charge in [-0.3, -0.25) is 9.59 Å². The maximum Gasteiger partial charge on any atom is 0.338 e. The van der Waals surface area contributed by atoms with Gasteiger partial charge in [0, 0.05) is 96.2 Å². The number of anilines is 4. The Morgan fingerprint density at radius 1 is 0.367 bits per heavy atom. The van der Waals surface area contributed by atoms with Gasteiger partial charge in [-0.2, -0.15) is 0 Å². The number of aromatic nitrogens is 8. The Morgan fingerprint density at radius 3 is 0.950 bits per heavy atom. The highest BCUT2D eigenvalue weighted by Gasteiger charge is 2.26. The number of nitrogens with zero attached hydrogens (tertiary/aromatic N) is 12. The van der Waals surface area contributed by atoms with Gasteiger partial charge in [-0.15, -0.1) is 0 Å². The van der Waals surface area contributed by atoms with Crippen LogP contribution in [0.2, 0.25) is 0 Å². The number of hydrogen-bond acceptors (Lipinski definition) is 20. The molecular weight excluding hydrogens is 1560 g/mol. The zero-order valence-corrected chi connectivity index (χ0v) is 73.2. The third-order valence-corrected chi connectivity index (χ3v) is 21.4. The second kappa shape index (κ2) is 40.3. The molecule has 0 unspecified atom stereocenters. The van der Waals surface area contributed by atoms with Gasteiger partial charge in [0.25, 0.3) is 0 Å². The molecule has 0 amide bonds. The van der Waals surface area contributed by atoms with Crippen LogP contribution in [-0.2, 0) is 15.2 Å². The minimum atomic E-state index is -0.380. The molecule has 0 saturated carbocycles.